The molecule has 3 aliphatic rings. The summed E-state index contributed by atoms with van der Waals surface area (Å²) in [6.45, 7) is 2.27. The predicted molar refractivity (Wildman–Crippen MR) is 207 cm³/mol. The third-order valence-electron chi connectivity index (χ3n) is 10.3. The van der Waals surface area contributed by atoms with Crippen LogP contribution in [-0.4, -0.2) is 35.8 Å². The lowest BCUT2D eigenvalue weighted by molar-refractivity contribution is -0.138. The minimum Gasteiger partial charge on any atom is -0.497 e. The molecular formula is C41H35BrClF3N6O3. The van der Waals surface area contributed by atoms with Crippen molar-refractivity contribution in [3.8, 4) is 28.4 Å². The summed E-state index contributed by atoms with van der Waals surface area (Å²) in [6, 6.07) is 16.7. The summed E-state index contributed by atoms with van der Waals surface area (Å²) in [5.74, 6) is 2.81. The van der Waals surface area contributed by atoms with E-state index in [4.69, 9.17) is 30.8 Å². The Morgan fingerprint density at radius 3 is 2.31 bits per heavy atom. The molecule has 2 aliphatic heterocycles. The second-order valence-corrected chi connectivity index (χ2v) is 14.6. The third kappa shape index (κ3) is 6.84. The number of hydrogen-bond donors (Lipinski definition) is 1. The molecule has 0 saturated heterocycles. The molecule has 1 aliphatic carbocycles. The lowest BCUT2D eigenvalue weighted by atomic mass is 9.95. The van der Waals surface area contributed by atoms with Gasteiger partial charge in [0.2, 0.25) is 0 Å². The SMILES string of the molecule is COc1ccc(CN(Cc2ccc(OC)cc2)c2ncc(C(F)(F)F)c(C)c2-c2cc3c4c(c2Cl)=NCNC=4N(C2CCc4c(Br)cncc42)C=CO3)cc1. The number of pyridine rings is 2. The number of nitrogens with zero attached hydrogens (tertiary/aromatic N) is 5. The molecule has 0 radical (unpaired) electrons. The van der Waals surface area contributed by atoms with E-state index >= 15 is 0 Å². The number of hydrogen-bond acceptors (Lipinski definition) is 9. The summed E-state index contributed by atoms with van der Waals surface area (Å²) in [6.07, 6.45) is 5.05. The molecule has 3 aromatic carbocycles. The molecule has 5 aromatic rings. The molecule has 0 amide bonds. The highest BCUT2D eigenvalue weighted by Gasteiger charge is 2.37. The van der Waals surface area contributed by atoms with Gasteiger partial charge in [-0.05, 0) is 93.8 Å². The van der Waals surface area contributed by atoms with E-state index in [1.54, 1.807) is 32.7 Å². The topological polar surface area (TPSA) is 84.3 Å². The molecule has 0 fully saturated rings. The molecule has 1 atom stereocenters. The molecule has 14 heteroatoms. The Morgan fingerprint density at radius 2 is 1.67 bits per heavy atom. The number of rotatable bonds is 9. The average molecular weight is 832 g/mol. The normalized spacial score (nSPS) is 15.7. The van der Waals surface area contributed by atoms with E-state index in [0.29, 0.717) is 52.3 Å². The summed E-state index contributed by atoms with van der Waals surface area (Å²) in [5, 5.41) is 4.65. The van der Waals surface area contributed by atoms with Crippen LogP contribution in [0.2, 0.25) is 5.02 Å². The quantitative estimate of drug-likeness (QED) is 0.159. The minimum atomic E-state index is -4.68. The van der Waals surface area contributed by atoms with Crippen LogP contribution in [0.1, 0.15) is 45.8 Å². The van der Waals surface area contributed by atoms with Gasteiger partial charge in [0.15, 0.2) is 0 Å². The van der Waals surface area contributed by atoms with Crippen molar-refractivity contribution in [2.75, 3.05) is 25.8 Å². The van der Waals surface area contributed by atoms with Crippen LogP contribution in [0.25, 0.3) is 16.9 Å². The summed E-state index contributed by atoms with van der Waals surface area (Å²) < 4.78 is 62.0. The standard InChI is InChI=1S/C41H35BrClF3N6O3/c1-23-31(41(44,45)46)18-48-39(51(20-24-4-8-26(53-2)9-5-24)21-25-6-10-27(54-3)11-7-25)35(23)29-16-34-36-38(37(29)43)49-22-50-40(36)52(14-15-55-34)33-13-12-28-30(33)17-47-19-32(28)42/h4-11,14-19,33,50H,12-13,20-22H2,1-3H3. The molecule has 1 N–H and O–H groups in total. The van der Waals surface area contributed by atoms with Crippen LogP contribution in [-0.2, 0) is 25.7 Å². The molecule has 8 rings (SSSR count). The van der Waals surface area contributed by atoms with Gasteiger partial charge in [-0.25, -0.2) is 4.98 Å². The molecule has 0 spiro atoms. The van der Waals surface area contributed by atoms with Crippen molar-refractivity contribution in [3.05, 3.63) is 139 Å². The lowest BCUT2D eigenvalue weighted by Crippen LogP contribution is -2.44. The van der Waals surface area contributed by atoms with Crippen LogP contribution in [0, 0.1) is 6.92 Å². The molecule has 1 unspecified atom stereocenters. The highest BCUT2D eigenvalue weighted by molar-refractivity contribution is 9.10. The van der Waals surface area contributed by atoms with Gasteiger partial charge in [-0.1, -0.05) is 35.9 Å². The number of alkyl halides is 3. The lowest BCUT2D eigenvalue weighted by Gasteiger charge is -2.31. The first-order valence-electron chi connectivity index (χ1n) is 17.5. The highest BCUT2D eigenvalue weighted by atomic mass is 79.9. The van der Waals surface area contributed by atoms with E-state index in [1.165, 1.54) is 12.5 Å². The van der Waals surface area contributed by atoms with Crippen molar-refractivity contribution < 1.29 is 27.4 Å². The van der Waals surface area contributed by atoms with Crippen LogP contribution in [0.3, 0.4) is 0 Å². The summed E-state index contributed by atoms with van der Waals surface area (Å²) >= 11 is 11.0. The van der Waals surface area contributed by atoms with E-state index in [9.17, 15) is 13.2 Å². The second-order valence-electron chi connectivity index (χ2n) is 13.4. The Labute approximate surface area is 328 Å². The summed E-state index contributed by atoms with van der Waals surface area (Å²) in [5.41, 5.74) is 3.74. The van der Waals surface area contributed by atoms with Crippen LogP contribution in [0.4, 0.5) is 19.0 Å². The zero-order valence-electron chi connectivity index (χ0n) is 30.0. The maximum Gasteiger partial charge on any atom is 0.418 e. The zero-order chi connectivity index (χ0) is 38.4. The highest BCUT2D eigenvalue weighted by Crippen LogP contribution is 2.44. The predicted octanol–water partition coefficient (Wildman–Crippen LogP) is 8.21. The molecule has 9 nitrogen and oxygen atoms in total. The van der Waals surface area contributed by atoms with Crippen molar-refractivity contribution >= 4 is 39.2 Å². The first-order valence-corrected chi connectivity index (χ1v) is 18.7. The summed E-state index contributed by atoms with van der Waals surface area (Å²) in [4.78, 5) is 17.8. The zero-order valence-corrected chi connectivity index (χ0v) is 32.4. The van der Waals surface area contributed by atoms with E-state index in [1.807, 2.05) is 65.8 Å². The van der Waals surface area contributed by atoms with Gasteiger partial charge in [-0.15, -0.1) is 0 Å². The van der Waals surface area contributed by atoms with Crippen LogP contribution in [0.5, 0.6) is 17.2 Å². The number of anilines is 1. The Bertz CT molecular complexity index is 2400. The number of benzene rings is 3. The number of halogens is 5. The fourth-order valence-electron chi connectivity index (χ4n) is 7.58. The smallest absolute Gasteiger partial charge is 0.418 e. The molecule has 0 saturated carbocycles. The van der Waals surface area contributed by atoms with E-state index in [-0.39, 0.29) is 28.9 Å². The van der Waals surface area contributed by atoms with Crippen LogP contribution < -0.4 is 35.0 Å². The third-order valence-corrected chi connectivity index (χ3v) is 11.3. The van der Waals surface area contributed by atoms with Gasteiger partial charge in [0.25, 0.3) is 0 Å². The van der Waals surface area contributed by atoms with Crippen molar-refractivity contribution in [2.45, 2.75) is 45.1 Å². The number of fused-ring (bicyclic) bond motifs is 1. The van der Waals surface area contributed by atoms with Crippen molar-refractivity contribution in [3.63, 3.8) is 0 Å². The first kappa shape index (κ1) is 36.7. The molecular weight excluding hydrogens is 797 g/mol. The Morgan fingerprint density at radius 1 is 1.00 bits per heavy atom. The fourth-order valence-corrected chi connectivity index (χ4v) is 8.43. The number of nitrogens with one attached hydrogen (secondary N) is 1. The van der Waals surface area contributed by atoms with Crippen molar-refractivity contribution in [2.24, 2.45) is 4.99 Å². The van der Waals surface area contributed by atoms with Gasteiger partial charge in [-0.2, -0.15) is 13.2 Å². The Balaban J connectivity index is 1.32. The summed E-state index contributed by atoms with van der Waals surface area (Å²) in [7, 11) is 3.18. The monoisotopic (exact) mass is 830 g/mol. The van der Waals surface area contributed by atoms with Gasteiger partial charge >= 0.3 is 6.18 Å². The van der Waals surface area contributed by atoms with Crippen LogP contribution in [0.15, 0.2) is 95.1 Å². The maximum absolute atomic E-state index is 14.7. The minimum absolute atomic E-state index is 0.0226. The molecule has 55 heavy (non-hydrogen) atoms. The molecule has 2 aromatic heterocycles. The van der Waals surface area contributed by atoms with Crippen molar-refractivity contribution in [1.82, 2.24) is 20.2 Å². The molecule has 4 heterocycles. The van der Waals surface area contributed by atoms with Crippen molar-refractivity contribution in [1.29, 1.82) is 0 Å². The van der Waals surface area contributed by atoms with E-state index in [2.05, 4.69) is 36.1 Å². The van der Waals surface area contributed by atoms with Gasteiger partial charge in [0.1, 0.15) is 41.8 Å². The Kier molecular flexibility index (Phi) is 9.85. The average Bonchev–Trinajstić information content (AvgIpc) is 3.53. The first-order chi connectivity index (χ1) is 26.5. The van der Waals surface area contributed by atoms with E-state index in [0.717, 1.165) is 46.0 Å². The fraction of sp³-hybridized carbons (Fsp3) is 0.244. The number of aromatic nitrogens is 2. The van der Waals surface area contributed by atoms with Gasteiger partial charge in [0.05, 0.1) is 41.4 Å². The Hall–Kier alpha value is -5.27. The molecule has 0 bridgehead atoms. The second kappa shape index (κ2) is 14.8. The number of ether oxygens (including phenoxy) is 3. The maximum atomic E-state index is 14.7. The van der Waals surface area contributed by atoms with E-state index < -0.39 is 11.7 Å². The largest absolute Gasteiger partial charge is 0.497 e. The van der Waals surface area contributed by atoms with Gasteiger partial charge < -0.3 is 29.3 Å². The molecule has 282 valence electrons. The van der Waals surface area contributed by atoms with Gasteiger partial charge in [0, 0.05) is 53.5 Å². The van der Waals surface area contributed by atoms with Crippen LogP contribution >= 0.6 is 27.5 Å². The number of methoxy groups -OCH3 is 2. The van der Waals surface area contributed by atoms with Gasteiger partial charge in [-0.3, -0.25) is 9.98 Å².